The van der Waals surface area contributed by atoms with Gasteiger partial charge in [-0.05, 0) is 53.3 Å². The maximum absolute atomic E-state index is 2.44. The van der Waals surface area contributed by atoms with Crippen molar-refractivity contribution in [2.45, 2.75) is 11.8 Å². The van der Waals surface area contributed by atoms with Gasteiger partial charge in [-0.25, -0.2) is 0 Å². The zero-order valence-corrected chi connectivity index (χ0v) is 11.2. The van der Waals surface area contributed by atoms with Crippen LogP contribution in [-0.4, -0.2) is 6.26 Å². The van der Waals surface area contributed by atoms with Crippen LogP contribution in [0.3, 0.4) is 0 Å². The van der Waals surface area contributed by atoms with E-state index in [1.807, 2.05) is 23.1 Å². The smallest absolute Gasteiger partial charge is 0.0490 e. The molecule has 1 aromatic carbocycles. The predicted molar refractivity (Wildman–Crippen MR) is 71.1 cm³/mol. The van der Waals surface area contributed by atoms with Crippen molar-refractivity contribution in [2.75, 3.05) is 6.26 Å². The molecule has 0 fully saturated rings. The summed E-state index contributed by atoms with van der Waals surface area (Å²) in [5, 5.41) is 1.38. The van der Waals surface area contributed by atoms with Crippen LogP contribution in [0, 0.1) is 10.5 Å². The number of benzene rings is 1. The average Bonchev–Trinajstić information content (AvgIpc) is 2.47. The van der Waals surface area contributed by atoms with E-state index in [1.54, 1.807) is 0 Å². The molecule has 0 nitrogen and oxygen atoms in total. The van der Waals surface area contributed by atoms with Crippen molar-refractivity contribution in [3.05, 3.63) is 26.6 Å². The minimum atomic E-state index is 1.38. The van der Waals surface area contributed by atoms with Gasteiger partial charge in [-0.15, -0.1) is 23.1 Å². The van der Waals surface area contributed by atoms with E-state index in [0.29, 0.717) is 0 Å². The molecule has 13 heavy (non-hydrogen) atoms. The van der Waals surface area contributed by atoms with Crippen LogP contribution in [-0.2, 0) is 0 Å². The predicted octanol–water partition coefficient (Wildman–Crippen LogP) is 4.54. The summed E-state index contributed by atoms with van der Waals surface area (Å²) in [6.07, 6.45) is 2.13. The maximum Gasteiger partial charge on any atom is 0.0490 e. The minimum Gasteiger partial charge on any atom is -0.139 e. The Hall–Kier alpha value is 0.260. The van der Waals surface area contributed by atoms with Gasteiger partial charge in [0.15, 0.2) is 0 Å². The maximum atomic E-state index is 2.44. The van der Waals surface area contributed by atoms with E-state index in [9.17, 15) is 0 Å². The molecule has 0 saturated carbocycles. The highest BCUT2D eigenvalue weighted by atomic mass is 127. The second kappa shape index (κ2) is 3.79. The van der Waals surface area contributed by atoms with Gasteiger partial charge < -0.3 is 0 Å². The van der Waals surface area contributed by atoms with Crippen LogP contribution < -0.4 is 0 Å². The molecule has 2 aromatic rings. The van der Waals surface area contributed by atoms with Crippen molar-refractivity contribution in [2.24, 2.45) is 0 Å². The van der Waals surface area contributed by atoms with Gasteiger partial charge in [-0.1, -0.05) is 6.07 Å². The van der Waals surface area contributed by atoms with Crippen molar-refractivity contribution in [1.82, 2.24) is 0 Å². The Balaban J connectivity index is 2.78. The number of thiophene rings is 1. The number of aryl methyl sites for hydroxylation is 1. The Morgan fingerprint density at radius 2 is 2.15 bits per heavy atom. The highest BCUT2D eigenvalue weighted by molar-refractivity contribution is 14.1. The monoisotopic (exact) mass is 320 g/mol. The van der Waals surface area contributed by atoms with Crippen molar-refractivity contribution in [3.63, 3.8) is 0 Å². The van der Waals surface area contributed by atoms with Crippen molar-refractivity contribution in [1.29, 1.82) is 0 Å². The molecule has 1 aromatic heterocycles. The third kappa shape index (κ3) is 1.74. The molecule has 0 amide bonds. The van der Waals surface area contributed by atoms with E-state index in [1.165, 1.54) is 23.4 Å². The molecule has 0 radical (unpaired) electrons. The molecule has 0 atom stereocenters. The molecule has 2 rings (SSSR count). The Kier molecular flexibility index (Phi) is 2.86. The highest BCUT2D eigenvalue weighted by Gasteiger charge is 2.06. The van der Waals surface area contributed by atoms with Crippen molar-refractivity contribution < 1.29 is 0 Å². The quantitative estimate of drug-likeness (QED) is 0.549. The van der Waals surface area contributed by atoms with E-state index in [0.717, 1.165) is 0 Å². The number of thioether (sulfide) groups is 1. The first-order valence-electron chi connectivity index (χ1n) is 3.95. The number of hydrogen-bond acceptors (Lipinski definition) is 2. The molecule has 0 N–H and O–H groups in total. The van der Waals surface area contributed by atoms with E-state index in [2.05, 4.69) is 54.0 Å². The van der Waals surface area contributed by atoms with E-state index in [-0.39, 0.29) is 0 Å². The van der Waals surface area contributed by atoms with Crippen LogP contribution in [0.2, 0.25) is 0 Å². The van der Waals surface area contributed by atoms with Crippen LogP contribution in [0.4, 0.5) is 0 Å². The summed E-state index contributed by atoms with van der Waals surface area (Å²) < 4.78 is 2.84. The number of halogens is 1. The van der Waals surface area contributed by atoms with Crippen molar-refractivity contribution in [3.8, 4) is 0 Å². The molecular formula is C10H9IS2. The van der Waals surface area contributed by atoms with E-state index in [4.69, 9.17) is 0 Å². The summed E-state index contributed by atoms with van der Waals surface area (Å²) in [7, 11) is 0. The molecule has 0 spiro atoms. The van der Waals surface area contributed by atoms with Crippen LogP contribution in [0.15, 0.2) is 23.1 Å². The lowest BCUT2D eigenvalue weighted by Gasteiger charge is -2.00. The molecule has 0 bridgehead atoms. The SMILES string of the molecule is CSc1ccc2cc(C)sc2c1I. The Labute approximate surface area is 99.9 Å². The molecule has 1 heterocycles. The number of rotatable bonds is 1. The first-order valence-corrected chi connectivity index (χ1v) is 7.07. The molecule has 0 aliphatic rings. The zero-order chi connectivity index (χ0) is 9.42. The number of hydrogen-bond donors (Lipinski definition) is 0. The fourth-order valence-electron chi connectivity index (χ4n) is 1.34. The van der Waals surface area contributed by atoms with Crippen LogP contribution in [0.25, 0.3) is 10.1 Å². The first kappa shape index (κ1) is 9.80. The van der Waals surface area contributed by atoms with Gasteiger partial charge in [0, 0.05) is 18.0 Å². The fraction of sp³-hybridized carbons (Fsp3) is 0.200. The lowest BCUT2D eigenvalue weighted by atomic mass is 10.2. The zero-order valence-electron chi connectivity index (χ0n) is 7.43. The largest absolute Gasteiger partial charge is 0.139 e. The summed E-state index contributed by atoms with van der Waals surface area (Å²) >= 11 is 6.15. The van der Waals surface area contributed by atoms with E-state index >= 15 is 0 Å². The summed E-state index contributed by atoms with van der Waals surface area (Å²) in [6.45, 7) is 2.17. The van der Waals surface area contributed by atoms with Gasteiger partial charge in [0.25, 0.3) is 0 Å². The Morgan fingerprint density at radius 3 is 2.85 bits per heavy atom. The molecule has 0 saturated heterocycles. The second-order valence-electron chi connectivity index (χ2n) is 2.86. The van der Waals surface area contributed by atoms with Gasteiger partial charge in [0.05, 0.1) is 0 Å². The summed E-state index contributed by atoms with van der Waals surface area (Å²) in [6, 6.07) is 6.68. The van der Waals surface area contributed by atoms with Crippen LogP contribution >= 0.6 is 45.7 Å². The van der Waals surface area contributed by atoms with Gasteiger partial charge >= 0.3 is 0 Å². The van der Waals surface area contributed by atoms with Gasteiger partial charge in [-0.3, -0.25) is 0 Å². The Morgan fingerprint density at radius 1 is 1.38 bits per heavy atom. The van der Waals surface area contributed by atoms with Crippen molar-refractivity contribution >= 4 is 55.8 Å². The van der Waals surface area contributed by atoms with Crippen LogP contribution in [0.1, 0.15) is 4.88 Å². The van der Waals surface area contributed by atoms with Gasteiger partial charge in [-0.2, -0.15) is 0 Å². The fourth-order valence-corrected chi connectivity index (χ4v) is 4.32. The van der Waals surface area contributed by atoms with Gasteiger partial charge in [0.1, 0.15) is 0 Å². The summed E-state index contributed by atoms with van der Waals surface area (Å²) in [4.78, 5) is 2.78. The highest BCUT2D eigenvalue weighted by Crippen LogP contribution is 2.34. The van der Waals surface area contributed by atoms with Gasteiger partial charge in [0.2, 0.25) is 0 Å². The molecular weight excluding hydrogens is 311 g/mol. The molecule has 0 unspecified atom stereocenters. The minimum absolute atomic E-state index is 1.38. The normalized spacial score (nSPS) is 11.0. The second-order valence-corrected chi connectivity index (χ2v) is 6.04. The molecule has 0 aliphatic heterocycles. The molecule has 3 heteroatoms. The van der Waals surface area contributed by atoms with E-state index < -0.39 is 0 Å². The lowest BCUT2D eigenvalue weighted by molar-refractivity contribution is 1.47. The standard InChI is InChI=1S/C10H9IS2/c1-6-5-7-3-4-8(12-2)9(11)10(7)13-6/h3-5H,1-2H3. The Bertz CT molecular complexity index is 445. The van der Waals surface area contributed by atoms with Crippen LogP contribution in [0.5, 0.6) is 0 Å². The third-order valence-corrected chi connectivity index (χ3v) is 5.65. The summed E-state index contributed by atoms with van der Waals surface area (Å²) in [5.41, 5.74) is 0. The first-order chi connectivity index (χ1) is 6.22. The third-order valence-electron chi connectivity index (χ3n) is 1.93. The molecule has 0 aliphatic carbocycles. The molecule has 68 valence electrons. The summed E-state index contributed by atoms with van der Waals surface area (Å²) in [5.74, 6) is 0. The average molecular weight is 320 g/mol. The number of fused-ring (bicyclic) bond motifs is 1. The lowest BCUT2D eigenvalue weighted by Crippen LogP contribution is -1.76. The topological polar surface area (TPSA) is 0 Å².